The van der Waals surface area contributed by atoms with E-state index in [-0.39, 0.29) is 11.4 Å². The zero-order valence-corrected chi connectivity index (χ0v) is 11.4. The molecule has 0 fully saturated rings. The Labute approximate surface area is 116 Å². The largest absolute Gasteiger partial charge is 0.435 e. The molecule has 1 heterocycles. The van der Waals surface area contributed by atoms with Gasteiger partial charge in [0.25, 0.3) is 5.88 Å². The van der Waals surface area contributed by atoms with E-state index in [0.717, 1.165) is 6.29 Å². The number of aldehydes is 1. The molecule has 0 saturated heterocycles. The smallest absolute Gasteiger partial charge is 0.313 e. The molecule has 5 nitrogen and oxygen atoms in total. The van der Waals surface area contributed by atoms with Gasteiger partial charge >= 0.3 is 5.56 Å². The van der Waals surface area contributed by atoms with Crippen LogP contribution in [0, 0.1) is 5.92 Å². The Morgan fingerprint density at radius 2 is 2.00 bits per heavy atom. The van der Waals surface area contributed by atoms with Crippen molar-refractivity contribution in [2.45, 2.75) is 20.4 Å². The summed E-state index contributed by atoms with van der Waals surface area (Å²) in [6.45, 7) is 4.68. The van der Waals surface area contributed by atoms with Crippen LogP contribution in [0.4, 0.5) is 0 Å². The van der Waals surface area contributed by atoms with Gasteiger partial charge in [-0.1, -0.05) is 13.8 Å². The molecule has 0 aliphatic heterocycles. The summed E-state index contributed by atoms with van der Waals surface area (Å²) in [5.41, 5.74) is 0.288. The lowest BCUT2D eigenvalue weighted by atomic mass is 10.2. The van der Waals surface area contributed by atoms with E-state index in [0.29, 0.717) is 23.8 Å². The van der Waals surface area contributed by atoms with Crippen LogP contribution in [0.15, 0.2) is 41.5 Å². The zero-order valence-electron chi connectivity index (χ0n) is 11.4. The van der Waals surface area contributed by atoms with E-state index in [9.17, 15) is 9.59 Å². The molecule has 1 aromatic carbocycles. The molecular formula is C15H16N2O3. The molecule has 2 aromatic rings. The highest BCUT2D eigenvalue weighted by molar-refractivity contribution is 5.74. The lowest BCUT2D eigenvalue weighted by Gasteiger charge is -2.10. The van der Waals surface area contributed by atoms with Gasteiger partial charge in [0.2, 0.25) is 0 Å². The number of hydrogen-bond acceptors (Lipinski definition) is 4. The Hall–Kier alpha value is -2.43. The Balaban J connectivity index is 2.24. The van der Waals surface area contributed by atoms with Gasteiger partial charge in [-0.2, -0.15) is 0 Å². The van der Waals surface area contributed by atoms with Gasteiger partial charge in [-0.25, -0.2) is 4.98 Å². The highest BCUT2D eigenvalue weighted by atomic mass is 16.5. The van der Waals surface area contributed by atoms with Gasteiger partial charge in [-0.3, -0.25) is 9.59 Å². The predicted molar refractivity (Wildman–Crippen MR) is 75.2 cm³/mol. The molecule has 0 saturated carbocycles. The van der Waals surface area contributed by atoms with Crippen LogP contribution in [0.5, 0.6) is 11.6 Å². The van der Waals surface area contributed by atoms with Crippen molar-refractivity contribution < 1.29 is 9.53 Å². The second kappa shape index (κ2) is 6.14. The quantitative estimate of drug-likeness (QED) is 0.785. The zero-order chi connectivity index (χ0) is 14.5. The molecule has 0 N–H and O–H groups in total. The minimum Gasteiger partial charge on any atom is -0.435 e. The Bertz CT molecular complexity index is 645. The molecule has 20 heavy (non-hydrogen) atoms. The van der Waals surface area contributed by atoms with Gasteiger partial charge in [0.15, 0.2) is 0 Å². The predicted octanol–water partition coefficient (Wildman–Crippen LogP) is 2.50. The molecule has 1 aromatic heterocycles. The van der Waals surface area contributed by atoms with Crippen molar-refractivity contribution in [3.63, 3.8) is 0 Å². The Morgan fingerprint density at radius 1 is 1.30 bits per heavy atom. The van der Waals surface area contributed by atoms with Crippen molar-refractivity contribution in [3.8, 4) is 11.6 Å². The normalized spacial score (nSPS) is 10.6. The summed E-state index contributed by atoms with van der Waals surface area (Å²) < 4.78 is 7.05. The number of ether oxygens (including phenoxy) is 1. The molecule has 0 aliphatic carbocycles. The van der Waals surface area contributed by atoms with Crippen molar-refractivity contribution in [3.05, 3.63) is 52.6 Å². The Morgan fingerprint density at radius 3 is 2.60 bits per heavy atom. The summed E-state index contributed by atoms with van der Waals surface area (Å²) in [7, 11) is 0. The van der Waals surface area contributed by atoms with Gasteiger partial charge in [-0.15, -0.1) is 0 Å². The maximum Gasteiger partial charge on any atom is 0.313 e. The van der Waals surface area contributed by atoms with Gasteiger partial charge in [-0.05, 0) is 30.2 Å². The first-order valence-corrected chi connectivity index (χ1v) is 6.38. The van der Waals surface area contributed by atoms with Crippen molar-refractivity contribution >= 4 is 6.29 Å². The average molecular weight is 272 g/mol. The van der Waals surface area contributed by atoms with Gasteiger partial charge < -0.3 is 9.30 Å². The Kier molecular flexibility index (Phi) is 4.30. The van der Waals surface area contributed by atoms with Crippen LogP contribution < -0.4 is 10.3 Å². The molecule has 0 unspecified atom stereocenters. The number of carbonyl (C=O) groups excluding carboxylic acids is 1. The van der Waals surface area contributed by atoms with E-state index in [1.54, 1.807) is 41.2 Å². The van der Waals surface area contributed by atoms with Crippen LogP contribution in [0.1, 0.15) is 24.2 Å². The van der Waals surface area contributed by atoms with E-state index < -0.39 is 0 Å². The number of aromatic nitrogens is 2. The molecule has 0 spiro atoms. The summed E-state index contributed by atoms with van der Waals surface area (Å²) in [4.78, 5) is 26.7. The lowest BCUT2D eigenvalue weighted by Crippen LogP contribution is -2.23. The number of rotatable bonds is 5. The fraction of sp³-hybridized carbons (Fsp3) is 0.267. The van der Waals surface area contributed by atoms with Crippen molar-refractivity contribution in [1.82, 2.24) is 9.55 Å². The van der Waals surface area contributed by atoms with Gasteiger partial charge in [0.1, 0.15) is 12.0 Å². The summed E-state index contributed by atoms with van der Waals surface area (Å²) >= 11 is 0. The van der Waals surface area contributed by atoms with Gasteiger partial charge in [0, 0.05) is 24.5 Å². The van der Waals surface area contributed by atoms with Gasteiger partial charge in [0.05, 0.1) is 0 Å². The second-order valence-corrected chi connectivity index (χ2v) is 4.87. The maximum atomic E-state index is 12.2. The summed E-state index contributed by atoms with van der Waals surface area (Å²) in [5, 5.41) is 0. The number of hydrogen-bond donors (Lipinski definition) is 0. The molecule has 5 heteroatoms. The standard InChI is InChI=1S/C15H16N2O3/c1-11(2)9-17-8-7-16-14(15(17)19)20-13-5-3-12(10-18)4-6-13/h3-8,10-11H,9H2,1-2H3. The lowest BCUT2D eigenvalue weighted by molar-refractivity contribution is 0.112. The monoisotopic (exact) mass is 272 g/mol. The minimum atomic E-state index is -0.263. The molecule has 0 aliphatic rings. The molecule has 104 valence electrons. The van der Waals surface area contributed by atoms with E-state index in [2.05, 4.69) is 4.98 Å². The van der Waals surface area contributed by atoms with E-state index in [1.807, 2.05) is 13.8 Å². The fourth-order valence-electron chi connectivity index (χ4n) is 1.76. The SMILES string of the molecule is CC(C)Cn1ccnc(Oc2ccc(C=O)cc2)c1=O. The van der Waals surface area contributed by atoms with Crippen LogP contribution in [0.2, 0.25) is 0 Å². The highest BCUT2D eigenvalue weighted by Gasteiger charge is 2.08. The van der Waals surface area contributed by atoms with Crippen molar-refractivity contribution in [1.29, 1.82) is 0 Å². The van der Waals surface area contributed by atoms with Crippen LogP contribution in [0.25, 0.3) is 0 Å². The summed E-state index contributed by atoms with van der Waals surface area (Å²) in [5.74, 6) is 0.865. The molecule has 2 rings (SSSR count). The van der Waals surface area contributed by atoms with E-state index in [4.69, 9.17) is 4.74 Å². The maximum absolute atomic E-state index is 12.2. The topological polar surface area (TPSA) is 61.2 Å². The third-order valence-electron chi connectivity index (χ3n) is 2.67. The van der Waals surface area contributed by atoms with E-state index >= 15 is 0 Å². The molecule has 0 bridgehead atoms. The number of benzene rings is 1. The molecular weight excluding hydrogens is 256 g/mol. The number of nitrogens with zero attached hydrogens (tertiary/aromatic N) is 2. The molecule has 0 atom stereocenters. The third-order valence-corrected chi connectivity index (χ3v) is 2.67. The minimum absolute atomic E-state index is 0.0343. The first-order valence-electron chi connectivity index (χ1n) is 6.38. The average Bonchev–Trinajstić information content (AvgIpc) is 2.43. The first-order chi connectivity index (χ1) is 9.60. The van der Waals surface area contributed by atoms with Crippen LogP contribution in [-0.2, 0) is 6.54 Å². The van der Waals surface area contributed by atoms with E-state index in [1.165, 1.54) is 0 Å². The van der Waals surface area contributed by atoms with Crippen LogP contribution in [-0.4, -0.2) is 15.8 Å². The molecule has 0 radical (unpaired) electrons. The van der Waals surface area contributed by atoms with Crippen LogP contribution in [0.3, 0.4) is 0 Å². The highest BCUT2D eigenvalue weighted by Crippen LogP contribution is 2.16. The first kappa shape index (κ1) is 14.0. The van der Waals surface area contributed by atoms with Crippen molar-refractivity contribution in [2.24, 2.45) is 5.92 Å². The third kappa shape index (κ3) is 3.32. The number of carbonyl (C=O) groups is 1. The summed E-state index contributed by atoms with van der Waals surface area (Å²) in [6.07, 6.45) is 3.93. The van der Waals surface area contributed by atoms with Crippen LogP contribution >= 0.6 is 0 Å². The second-order valence-electron chi connectivity index (χ2n) is 4.87. The van der Waals surface area contributed by atoms with Crippen molar-refractivity contribution in [2.75, 3.05) is 0 Å². The summed E-state index contributed by atoms with van der Waals surface area (Å²) in [6, 6.07) is 6.51. The fourth-order valence-corrected chi connectivity index (χ4v) is 1.76. The molecule has 0 amide bonds.